The Morgan fingerprint density at radius 1 is 1.30 bits per heavy atom. The molecule has 4 heteroatoms. The summed E-state index contributed by atoms with van der Waals surface area (Å²) in [6.07, 6.45) is 3.54. The van der Waals surface area contributed by atoms with E-state index in [1.54, 1.807) is 0 Å². The minimum absolute atomic E-state index is 0.00506. The zero-order valence-corrected chi connectivity index (χ0v) is 14.8. The van der Waals surface area contributed by atoms with Crippen molar-refractivity contribution in [3.63, 3.8) is 0 Å². The standard InChI is InChI=1S/C19H31N3O/c1-16(19(23)21(3)14-11-20-2)22-12-9-18(10-13-22)15-17-7-5-4-6-8-17/h4-8,16,18,20H,9-15H2,1-3H3. The molecule has 2 rings (SSSR count). The zero-order chi connectivity index (χ0) is 16.7. The average Bonchev–Trinajstić information content (AvgIpc) is 2.60. The maximum absolute atomic E-state index is 12.5. The summed E-state index contributed by atoms with van der Waals surface area (Å²) in [5.41, 5.74) is 1.43. The first-order valence-corrected chi connectivity index (χ1v) is 8.79. The van der Waals surface area contributed by atoms with Crippen molar-refractivity contribution in [1.29, 1.82) is 0 Å². The van der Waals surface area contributed by atoms with Gasteiger partial charge in [0.1, 0.15) is 0 Å². The number of amides is 1. The summed E-state index contributed by atoms with van der Waals surface area (Å²) in [5, 5.41) is 3.09. The van der Waals surface area contributed by atoms with E-state index in [1.165, 1.54) is 24.8 Å². The summed E-state index contributed by atoms with van der Waals surface area (Å²) in [6, 6.07) is 10.7. The summed E-state index contributed by atoms with van der Waals surface area (Å²) in [7, 11) is 3.82. The Morgan fingerprint density at radius 2 is 1.96 bits per heavy atom. The van der Waals surface area contributed by atoms with E-state index < -0.39 is 0 Å². The molecule has 1 aliphatic rings. The van der Waals surface area contributed by atoms with Crippen LogP contribution in [0, 0.1) is 5.92 Å². The van der Waals surface area contributed by atoms with Gasteiger partial charge >= 0.3 is 0 Å². The first-order chi connectivity index (χ1) is 11.1. The Hall–Kier alpha value is -1.39. The van der Waals surface area contributed by atoms with Gasteiger partial charge in [0.25, 0.3) is 0 Å². The van der Waals surface area contributed by atoms with Crippen LogP contribution in [0.25, 0.3) is 0 Å². The lowest BCUT2D eigenvalue weighted by molar-refractivity contribution is -0.135. The number of benzene rings is 1. The number of likely N-dealkylation sites (tertiary alicyclic amines) is 1. The van der Waals surface area contributed by atoms with Crippen LogP contribution in [0.5, 0.6) is 0 Å². The summed E-state index contributed by atoms with van der Waals surface area (Å²) in [6.45, 7) is 5.72. The molecule has 0 bridgehead atoms. The Bertz CT molecular complexity index is 469. The SMILES string of the molecule is CNCCN(C)C(=O)C(C)N1CCC(Cc2ccccc2)CC1. The molecule has 1 amide bonds. The smallest absolute Gasteiger partial charge is 0.239 e. The number of nitrogens with zero attached hydrogens (tertiary/aromatic N) is 2. The van der Waals surface area contributed by atoms with Crippen LogP contribution in [-0.2, 0) is 11.2 Å². The highest BCUT2D eigenvalue weighted by atomic mass is 16.2. The van der Waals surface area contributed by atoms with Gasteiger partial charge in [-0.2, -0.15) is 0 Å². The maximum Gasteiger partial charge on any atom is 0.239 e. The fourth-order valence-electron chi connectivity index (χ4n) is 3.36. The first-order valence-electron chi connectivity index (χ1n) is 8.79. The highest BCUT2D eigenvalue weighted by Crippen LogP contribution is 2.23. The van der Waals surface area contributed by atoms with Crippen LogP contribution < -0.4 is 5.32 Å². The third-order valence-electron chi connectivity index (χ3n) is 4.99. The van der Waals surface area contributed by atoms with E-state index in [-0.39, 0.29) is 11.9 Å². The van der Waals surface area contributed by atoms with Crippen molar-refractivity contribution >= 4 is 5.91 Å². The Kier molecular flexibility index (Phi) is 7.06. The van der Waals surface area contributed by atoms with Crippen molar-refractivity contribution in [2.24, 2.45) is 5.92 Å². The van der Waals surface area contributed by atoms with Crippen LogP contribution in [0.2, 0.25) is 0 Å². The second-order valence-corrected chi connectivity index (χ2v) is 6.71. The quantitative estimate of drug-likeness (QED) is 0.835. The number of carbonyl (C=O) groups excluding carboxylic acids is 1. The van der Waals surface area contributed by atoms with Crippen LogP contribution >= 0.6 is 0 Å². The van der Waals surface area contributed by atoms with Crippen molar-refractivity contribution in [2.75, 3.05) is 40.3 Å². The van der Waals surface area contributed by atoms with Gasteiger partial charge in [0.15, 0.2) is 0 Å². The molecule has 1 saturated heterocycles. The van der Waals surface area contributed by atoms with Crippen LogP contribution in [0.15, 0.2) is 30.3 Å². The second-order valence-electron chi connectivity index (χ2n) is 6.71. The van der Waals surface area contributed by atoms with Crippen LogP contribution in [0.1, 0.15) is 25.3 Å². The Labute approximate surface area is 140 Å². The van der Waals surface area contributed by atoms with Crippen molar-refractivity contribution < 1.29 is 4.79 Å². The van der Waals surface area contributed by atoms with Crippen molar-refractivity contribution in [3.05, 3.63) is 35.9 Å². The van der Waals surface area contributed by atoms with E-state index >= 15 is 0 Å². The number of piperidine rings is 1. The van der Waals surface area contributed by atoms with Gasteiger partial charge in [-0.3, -0.25) is 9.69 Å². The molecule has 0 saturated carbocycles. The van der Waals surface area contributed by atoms with E-state index in [0.717, 1.165) is 32.1 Å². The van der Waals surface area contributed by atoms with Crippen molar-refractivity contribution in [1.82, 2.24) is 15.1 Å². The number of likely N-dealkylation sites (N-methyl/N-ethyl adjacent to an activating group) is 2. The molecule has 1 aliphatic heterocycles. The Morgan fingerprint density at radius 3 is 2.57 bits per heavy atom. The van der Waals surface area contributed by atoms with Crippen LogP contribution in [-0.4, -0.2) is 62.0 Å². The monoisotopic (exact) mass is 317 g/mol. The molecule has 1 heterocycles. The highest BCUT2D eigenvalue weighted by molar-refractivity contribution is 5.81. The van der Waals surface area contributed by atoms with Gasteiger partial charge < -0.3 is 10.2 Å². The predicted molar refractivity (Wildman–Crippen MR) is 95.5 cm³/mol. The highest BCUT2D eigenvalue weighted by Gasteiger charge is 2.28. The summed E-state index contributed by atoms with van der Waals surface area (Å²) in [5.74, 6) is 0.986. The van der Waals surface area contributed by atoms with Gasteiger partial charge in [-0.05, 0) is 57.8 Å². The molecular formula is C19H31N3O. The zero-order valence-electron chi connectivity index (χ0n) is 14.8. The van der Waals surface area contributed by atoms with Crippen LogP contribution in [0.3, 0.4) is 0 Å². The minimum Gasteiger partial charge on any atom is -0.343 e. The van der Waals surface area contributed by atoms with Crippen molar-refractivity contribution in [2.45, 2.75) is 32.2 Å². The van der Waals surface area contributed by atoms with E-state index in [1.807, 2.05) is 19.0 Å². The largest absolute Gasteiger partial charge is 0.343 e. The van der Waals surface area contributed by atoms with Gasteiger partial charge in [0, 0.05) is 20.1 Å². The molecule has 1 aromatic rings. The molecule has 128 valence electrons. The molecule has 4 nitrogen and oxygen atoms in total. The normalized spacial score (nSPS) is 17.9. The molecule has 1 aromatic carbocycles. The molecule has 1 N–H and O–H groups in total. The average molecular weight is 317 g/mol. The molecule has 0 aliphatic carbocycles. The third-order valence-corrected chi connectivity index (χ3v) is 4.99. The minimum atomic E-state index is -0.00506. The molecule has 0 aromatic heterocycles. The van der Waals surface area contributed by atoms with E-state index in [4.69, 9.17) is 0 Å². The van der Waals surface area contributed by atoms with E-state index in [0.29, 0.717) is 0 Å². The van der Waals surface area contributed by atoms with Gasteiger partial charge in [0.05, 0.1) is 6.04 Å². The summed E-state index contributed by atoms with van der Waals surface area (Å²) < 4.78 is 0. The van der Waals surface area contributed by atoms with Gasteiger partial charge in [-0.25, -0.2) is 0 Å². The molecule has 23 heavy (non-hydrogen) atoms. The fourth-order valence-corrected chi connectivity index (χ4v) is 3.36. The van der Waals surface area contributed by atoms with Crippen molar-refractivity contribution in [3.8, 4) is 0 Å². The lowest BCUT2D eigenvalue weighted by Gasteiger charge is -2.36. The summed E-state index contributed by atoms with van der Waals surface area (Å²) in [4.78, 5) is 16.7. The number of hydrogen-bond donors (Lipinski definition) is 1. The maximum atomic E-state index is 12.5. The number of nitrogens with one attached hydrogen (secondary N) is 1. The molecule has 1 atom stereocenters. The number of hydrogen-bond acceptors (Lipinski definition) is 3. The molecule has 0 spiro atoms. The molecule has 1 fully saturated rings. The lowest BCUT2D eigenvalue weighted by atomic mass is 9.89. The van der Waals surface area contributed by atoms with Crippen LogP contribution in [0.4, 0.5) is 0 Å². The lowest BCUT2D eigenvalue weighted by Crippen LogP contribution is -2.49. The van der Waals surface area contributed by atoms with E-state index in [2.05, 4.69) is 47.5 Å². The third kappa shape index (κ3) is 5.33. The fraction of sp³-hybridized carbons (Fsp3) is 0.632. The van der Waals surface area contributed by atoms with Gasteiger partial charge in [0.2, 0.25) is 5.91 Å². The number of rotatable bonds is 7. The topological polar surface area (TPSA) is 35.6 Å². The van der Waals surface area contributed by atoms with Gasteiger partial charge in [-0.15, -0.1) is 0 Å². The molecular weight excluding hydrogens is 286 g/mol. The molecule has 1 unspecified atom stereocenters. The van der Waals surface area contributed by atoms with Gasteiger partial charge in [-0.1, -0.05) is 30.3 Å². The predicted octanol–water partition coefficient (Wildman–Crippen LogP) is 2.01. The van der Waals surface area contributed by atoms with E-state index in [9.17, 15) is 4.79 Å². The first kappa shape index (κ1) is 18.0. The second kappa shape index (κ2) is 9.04. The summed E-state index contributed by atoms with van der Waals surface area (Å²) >= 11 is 0. The molecule has 0 radical (unpaired) electrons. The Balaban J connectivity index is 1.78. The number of carbonyl (C=O) groups is 1.